The van der Waals surface area contributed by atoms with Crippen LogP contribution in [0, 0.1) is 0 Å². The van der Waals surface area contributed by atoms with Crippen LogP contribution in [0.15, 0.2) is 12.4 Å². The molecule has 2 unspecified atom stereocenters. The second-order valence-corrected chi connectivity index (χ2v) is 2.52. The highest BCUT2D eigenvalue weighted by atomic mass is 19.1. The Hall–Kier alpha value is -0.770. The van der Waals surface area contributed by atoms with Gasteiger partial charge in [0.1, 0.15) is 0 Å². The van der Waals surface area contributed by atoms with Crippen LogP contribution in [0.2, 0.25) is 0 Å². The molecule has 1 heterocycles. The third-order valence-electron chi connectivity index (χ3n) is 1.79. The molecule has 0 bridgehead atoms. The van der Waals surface area contributed by atoms with Crippen LogP contribution in [0.5, 0.6) is 0 Å². The van der Waals surface area contributed by atoms with Gasteiger partial charge in [-0.1, -0.05) is 13.8 Å². The fraction of sp³-hybridized carbons (Fsp3) is 0.778. The first-order valence-corrected chi connectivity index (χ1v) is 4.58. The van der Waals surface area contributed by atoms with Crippen LogP contribution in [-0.2, 0) is 4.74 Å². The summed E-state index contributed by atoms with van der Waals surface area (Å²) in [6.07, 6.45) is 2.38. The summed E-state index contributed by atoms with van der Waals surface area (Å²) in [6.45, 7) is 6.44. The molecular weight excluding hydrogens is 171 g/mol. The predicted molar refractivity (Wildman–Crippen MR) is 51.7 cm³/mol. The predicted octanol–water partition coefficient (Wildman–Crippen LogP) is 1.68. The van der Waals surface area contributed by atoms with Crippen molar-refractivity contribution < 1.29 is 9.13 Å². The topological polar surface area (TPSA) is 24.5 Å². The highest BCUT2D eigenvalue weighted by Crippen LogP contribution is 2.10. The first kappa shape index (κ1) is 12.2. The average Bonchev–Trinajstić information content (AvgIpc) is 2.71. The lowest BCUT2D eigenvalue weighted by atomic mass is 10.3. The van der Waals surface area contributed by atoms with Gasteiger partial charge in [-0.2, -0.15) is 0 Å². The zero-order chi connectivity index (χ0) is 10.3. The van der Waals surface area contributed by atoms with Gasteiger partial charge in [-0.05, 0) is 6.92 Å². The molecular formula is C9H19FN2O. The van der Waals surface area contributed by atoms with Crippen molar-refractivity contribution in [3.05, 3.63) is 12.4 Å². The van der Waals surface area contributed by atoms with E-state index in [0.29, 0.717) is 6.67 Å². The van der Waals surface area contributed by atoms with Crippen molar-refractivity contribution in [1.29, 1.82) is 0 Å². The highest BCUT2D eigenvalue weighted by Gasteiger charge is 2.21. The molecule has 1 rings (SSSR count). The van der Waals surface area contributed by atoms with E-state index < -0.39 is 6.36 Å². The summed E-state index contributed by atoms with van der Waals surface area (Å²) in [4.78, 5) is 1.84. The molecule has 0 amide bonds. The van der Waals surface area contributed by atoms with Crippen LogP contribution < -0.4 is 5.32 Å². The van der Waals surface area contributed by atoms with Crippen molar-refractivity contribution in [2.75, 3.05) is 13.8 Å². The molecule has 13 heavy (non-hydrogen) atoms. The summed E-state index contributed by atoms with van der Waals surface area (Å²) >= 11 is 0. The van der Waals surface area contributed by atoms with Crippen molar-refractivity contribution >= 4 is 0 Å². The van der Waals surface area contributed by atoms with Crippen molar-refractivity contribution in [3.63, 3.8) is 0 Å². The standard InChI is InChI=1S/C7H13FN2O.C2H6/c1-6(7(8)11-2)10-4-3-9-5-10;1-2/h3-4,6-7,9H,5H2,1-2H3;1-2H3. The third kappa shape index (κ3) is 3.63. The number of halogens is 1. The maximum Gasteiger partial charge on any atom is 0.218 e. The summed E-state index contributed by atoms with van der Waals surface area (Å²) in [5.74, 6) is 0. The highest BCUT2D eigenvalue weighted by molar-refractivity contribution is 4.90. The van der Waals surface area contributed by atoms with Crippen molar-refractivity contribution in [2.45, 2.75) is 33.2 Å². The summed E-state index contributed by atoms with van der Waals surface area (Å²) in [7, 11) is 1.37. The Morgan fingerprint density at radius 2 is 2.15 bits per heavy atom. The minimum Gasteiger partial charge on any atom is -0.373 e. The van der Waals surface area contributed by atoms with E-state index in [1.807, 2.05) is 24.9 Å². The summed E-state index contributed by atoms with van der Waals surface area (Å²) in [5.41, 5.74) is 0. The number of hydrogen-bond donors (Lipinski definition) is 1. The van der Waals surface area contributed by atoms with E-state index in [9.17, 15) is 4.39 Å². The van der Waals surface area contributed by atoms with E-state index in [2.05, 4.69) is 10.1 Å². The maximum atomic E-state index is 12.9. The van der Waals surface area contributed by atoms with Crippen molar-refractivity contribution in [1.82, 2.24) is 10.2 Å². The fourth-order valence-corrected chi connectivity index (χ4v) is 0.986. The average molecular weight is 190 g/mol. The Balaban J connectivity index is 0.000000671. The molecule has 0 aromatic rings. The van der Waals surface area contributed by atoms with Crippen molar-refractivity contribution in [2.24, 2.45) is 0 Å². The summed E-state index contributed by atoms with van der Waals surface area (Å²) < 4.78 is 17.4. The summed E-state index contributed by atoms with van der Waals surface area (Å²) in [6, 6.07) is -0.230. The van der Waals surface area contributed by atoms with Crippen LogP contribution in [-0.4, -0.2) is 31.1 Å². The molecule has 1 N–H and O–H groups in total. The van der Waals surface area contributed by atoms with Crippen LogP contribution in [0.4, 0.5) is 4.39 Å². The Labute approximate surface area is 79.6 Å². The van der Waals surface area contributed by atoms with Gasteiger partial charge in [0, 0.05) is 19.5 Å². The lowest BCUT2D eigenvalue weighted by Gasteiger charge is -2.25. The number of hydrogen-bond acceptors (Lipinski definition) is 3. The zero-order valence-electron chi connectivity index (χ0n) is 8.75. The molecule has 78 valence electrons. The minimum absolute atomic E-state index is 0.230. The van der Waals surface area contributed by atoms with Gasteiger partial charge in [0.25, 0.3) is 0 Å². The van der Waals surface area contributed by atoms with E-state index in [1.165, 1.54) is 7.11 Å². The van der Waals surface area contributed by atoms with E-state index in [1.54, 1.807) is 13.1 Å². The Kier molecular flexibility index (Phi) is 6.32. The van der Waals surface area contributed by atoms with Gasteiger partial charge in [0.05, 0.1) is 12.7 Å². The van der Waals surface area contributed by atoms with Crippen LogP contribution >= 0.6 is 0 Å². The van der Waals surface area contributed by atoms with Crippen LogP contribution in [0.3, 0.4) is 0 Å². The Morgan fingerprint density at radius 1 is 1.54 bits per heavy atom. The number of alkyl halides is 1. The molecule has 2 atom stereocenters. The fourth-order valence-electron chi connectivity index (χ4n) is 0.986. The van der Waals surface area contributed by atoms with E-state index in [-0.39, 0.29) is 6.04 Å². The molecule has 3 nitrogen and oxygen atoms in total. The summed E-state index contributed by atoms with van der Waals surface area (Å²) in [5, 5.41) is 2.96. The molecule has 0 aromatic heterocycles. The molecule has 0 saturated heterocycles. The largest absolute Gasteiger partial charge is 0.373 e. The number of nitrogens with zero attached hydrogens (tertiary/aromatic N) is 1. The number of methoxy groups -OCH3 is 1. The Morgan fingerprint density at radius 3 is 2.54 bits per heavy atom. The smallest absolute Gasteiger partial charge is 0.218 e. The SMILES string of the molecule is CC.COC(F)C(C)N1C=CNC1. The van der Waals surface area contributed by atoms with Gasteiger partial charge in [-0.15, -0.1) is 0 Å². The van der Waals surface area contributed by atoms with Gasteiger partial charge in [-0.3, -0.25) is 0 Å². The molecule has 0 fully saturated rings. The van der Waals surface area contributed by atoms with Gasteiger partial charge in [0.15, 0.2) is 0 Å². The molecule has 0 aromatic carbocycles. The van der Waals surface area contributed by atoms with E-state index in [4.69, 9.17) is 0 Å². The normalized spacial score (nSPS) is 18.7. The van der Waals surface area contributed by atoms with Crippen molar-refractivity contribution in [3.8, 4) is 0 Å². The molecule has 0 aliphatic carbocycles. The molecule has 4 heteroatoms. The van der Waals surface area contributed by atoms with Gasteiger partial charge in [0.2, 0.25) is 6.36 Å². The first-order valence-electron chi connectivity index (χ1n) is 4.58. The minimum atomic E-state index is -1.22. The van der Waals surface area contributed by atoms with Crippen LogP contribution in [0.1, 0.15) is 20.8 Å². The first-order chi connectivity index (χ1) is 6.25. The quantitative estimate of drug-likeness (QED) is 0.732. The van der Waals surface area contributed by atoms with Gasteiger partial charge >= 0.3 is 0 Å². The van der Waals surface area contributed by atoms with Gasteiger partial charge in [-0.25, -0.2) is 4.39 Å². The number of rotatable bonds is 3. The molecule has 0 saturated carbocycles. The lowest BCUT2D eigenvalue weighted by molar-refractivity contribution is -0.0524. The maximum absolute atomic E-state index is 12.9. The number of ether oxygens (including phenoxy) is 1. The lowest BCUT2D eigenvalue weighted by Crippen LogP contribution is -2.37. The molecule has 0 radical (unpaired) electrons. The molecule has 1 aliphatic rings. The monoisotopic (exact) mass is 190 g/mol. The molecule has 1 aliphatic heterocycles. The van der Waals surface area contributed by atoms with E-state index in [0.717, 1.165) is 0 Å². The zero-order valence-corrected chi connectivity index (χ0v) is 8.75. The molecule has 0 spiro atoms. The van der Waals surface area contributed by atoms with Gasteiger partial charge < -0.3 is 15.0 Å². The second kappa shape index (κ2) is 6.71. The third-order valence-corrected chi connectivity index (χ3v) is 1.79. The second-order valence-electron chi connectivity index (χ2n) is 2.52. The number of nitrogens with one attached hydrogen (secondary N) is 1. The van der Waals surface area contributed by atoms with Crippen LogP contribution in [0.25, 0.3) is 0 Å². The Bertz CT molecular complexity index is 153. The van der Waals surface area contributed by atoms with E-state index >= 15 is 0 Å².